The first-order valence-corrected chi connectivity index (χ1v) is 11.9. The maximum atomic E-state index is 11.6. The molecule has 0 saturated carbocycles. The van der Waals surface area contributed by atoms with E-state index in [9.17, 15) is 9.59 Å². The van der Waals surface area contributed by atoms with Gasteiger partial charge >= 0.3 is 11.9 Å². The number of carbonyl (C=O) groups excluding carboxylic acids is 2. The number of nitrogens with zero attached hydrogens (tertiary/aromatic N) is 2. The van der Waals surface area contributed by atoms with Crippen LogP contribution in [0.15, 0.2) is 0 Å². The van der Waals surface area contributed by atoms with Crippen LogP contribution in [-0.4, -0.2) is 74.2 Å². The Labute approximate surface area is 177 Å². The fourth-order valence-corrected chi connectivity index (χ4v) is 4.44. The number of hydrogen-bond donors (Lipinski definition) is 0. The van der Waals surface area contributed by atoms with Crippen LogP contribution in [0.25, 0.3) is 0 Å². The highest BCUT2D eigenvalue weighted by Crippen LogP contribution is 2.30. The molecular weight excluding hydrogens is 368 g/mol. The molecule has 2 aliphatic rings. The summed E-state index contributed by atoms with van der Waals surface area (Å²) in [5, 5.41) is 0. The summed E-state index contributed by atoms with van der Waals surface area (Å²) in [5.74, 6) is 1.55. The van der Waals surface area contributed by atoms with Crippen LogP contribution in [0.3, 0.4) is 0 Å². The summed E-state index contributed by atoms with van der Waals surface area (Å²) >= 11 is 0. The molecule has 168 valence electrons. The van der Waals surface area contributed by atoms with Crippen LogP contribution in [0.5, 0.6) is 0 Å². The van der Waals surface area contributed by atoms with Crippen molar-refractivity contribution in [3.63, 3.8) is 0 Å². The Bertz CT molecular complexity index is 427. The van der Waals surface area contributed by atoms with Crippen LogP contribution < -0.4 is 0 Å². The minimum Gasteiger partial charge on any atom is -0.466 e. The Morgan fingerprint density at radius 2 is 1.10 bits per heavy atom. The lowest BCUT2D eigenvalue weighted by Crippen LogP contribution is -2.38. The molecule has 2 aliphatic heterocycles. The summed E-state index contributed by atoms with van der Waals surface area (Å²) < 4.78 is 10.3. The Hall–Kier alpha value is -1.14. The van der Waals surface area contributed by atoms with E-state index in [1.54, 1.807) is 0 Å². The quantitative estimate of drug-likeness (QED) is 0.459. The Morgan fingerprint density at radius 1 is 0.724 bits per heavy atom. The fraction of sp³-hybridized carbons (Fsp3) is 0.913. The normalized spacial score (nSPS) is 19.9. The largest absolute Gasteiger partial charge is 0.466 e. The van der Waals surface area contributed by atoms with E-state index in [0.29, 0.717) is 26.1 Å². The molecule has 0 atom stereocenters. The van der Waals surface area contributed by atoms with Crippen molar-refractivity contribution in [2.75, 3.05) is 52.5 Å². The molecule has 2 heterocycles. The molecule has 0 amide bonds. The van der Waals surface area contributed by atoms with E-state index in [0.717, 1.165) is 63.9 Å². The summed E-state index contributed by atoms with van der Waals surface area (Å²) in [5.41, 5.74) is 0. The van der Waals surface area contributed by atoms with Gasteiger partial charge in [-0.25, -0.2) is 0 Å². The van der Waals surface area contributed by atoms with Crippen molar-refractivity contribution in [1.82, 2.24) is 9.80 Å². The van der Waals surface area contributed by atoms with Crippen molar-refractivity contribution in [3.05, 3.63) is 0 Å². The zero-order valence-corrected chi connectivity index (χ0v) is 18.7. The number of esters is 2. The lowest BCUT2D eigenvalue weighted by molar-refractivity contribution is -0.145. The number of hydrogen-bond acceptors (Lipinski definition) is 6. The molecule has 0 aliphatic carbocycles. The van der Waals surface area contributed by atoms with Crippen molar-refractivity contribution in [1.29, 1.82) is 0 Å². The van der Waals surface area contributed by atoms with Crippen LogP contribution in [-0.2, 0) is 19.1 Å². The van der Waals surface area contributed by atoms with E-state index >= 15 is 0 Å². The third-order valence-corrected chi connectivity index (χ3v) is 6.28. The van der Waals surface area contributed by atoms with Gasteiger partial charge in [0.2, 0.25) is 0 Å². The van der Waals surface area contributed by atoms with Gasteiger partial charge in [0, 0.05) is 13.1 Å². The average Bonchev–Trinajstić information content (AvgIpc) is 2.75. The predicted molar refractivity (Wildman–Crippen MR) is 115 cm³/mol. The van der Waals surface area contributed by atoms with E-state index in [1.807, 2.05) is 13.8 Å². The first kappa shape index (κ1) is 24.1. The molecule has 6 heteroatoms. The summed E-state index contributed by atoms with van der Waals surface area (Å²) in [6.07, 6.45) is 9.20. The van der Waals surface area contributed by atoms with Gasteiger partial charge in [0.25, 0.3) is 0 Å². The number of likely N-dealkylation sites (tertiary alicyclic amines) is 2. The Balaban J connectivity index is 1.53. The molecule has 2 saturated heterocycles. The van der Waals surface area contributed by atoms with Crippen LogP contribution in [0.2, 0.25) is 0 Å². The number of ether oxygens (including phenoxy) is 2. The molecule has 0 unspecified atom stereocenters. The zero-order chi connectivity index (χ0) is 20.9. The van der Waals surface area contributed by atoms with E-state index in [-0.39, 0.29) is 11.9 Å². The number of carbonyl (C=O) groups is 2. The van der Waals surface area contributed by atoms with Crippen molar-refractivity contribution < 1.29 is 19.1 Å². The molecule has 2 fully saturated rings. The Kier molecular flexibility index (Phi) is 11.6. The van der Waals surface area contributed by atoms with Gasteiger partial charge in [0.1, 0.15) is 0 Å². The first-order valence-electron chi connectivity index (χ1n) is 11.9. The van der Waals surface area contributed by atoms with E-state index < -0.39 is 0 Å². The van der Waals surface area contributed by atoms with Crippen molar-refractivity contribution >= 4 is 11.9 Å². The molecule has 2 rings (SSSR count). The third-order valence-electron chi connectivity index (χ3n) is 6.28. The van der Waals surface area contributed by atoms with Gasteiger partial charge in [-0.3, -0.25) is 9.59 Å². The summed E-state index contributed by atoms with van der Waals surface area (Å²) in [6, 6.07) is 0. The Morgan fingerprint density at radius 3 is 1.45 bits per heavy atom. The van der Waals surface area contributed by atoms with E-state index in [1.165, 1.54) is 32.1 Å². The van der Waals surface area contributed by atoms with Gasteiger partial charge < -0.3 is 19.3 Å². The molecule has 0 bridgehead atoms. The highest BCUT2D eigenvalue weighted by Gasteiger charge is 2.25. The highest BCUT2D eigenvalue weighted by atomic mass is 16.5. The standard InChI is InChI=1S/C23H42N2O4/c1-3-17-28-22(26)9-15-24-11-5-20(6-12-24)19-21-7-13-25(14-8-21)16-10-23(27)29-18-4-2/h20-21H,3-19H2,1-2H3. The third kappa shape index (κ3) is 9.94. The molecule has 0 aromatic heterocycles. The van der Waals surface area contributed by atoms with Gasteiger partial charge in [-0.05, 0) is 83.0 Å². The summed E-state index contributed by atoms with van der Waals surface area (Å²) in [6.45, 7) is 11.3. The molecule has 29 heavy (non-hydrogen) atoms. The summed E-state index contributed by atoms with van der Waals surface area (Å²) in [7, 11) is 0. The second-order valence-electron chi connectivity index (χ2n) is 8.75. The second kappa shape index (κ2) is 14.0. The molecule has 0 spiro atoms. The van der Waals surface area contributed by atoms with Crippen LogP contribution in [0, 0.1) is 11.8 Å². The molecule has 0 N–H and O–H groups in total. The maximum absolute atomic E-state index is 11.6. The van der Waals surface area contributed by atoms with Crippen molar-refractivity contribution in [3.8, 4) is 0 Å². The monoisotopic (exact) mass is 410 g/mol. The molecular formula is C23H42N2O4. The van der Waals surface area contributed by atoms with Crippen LogP contribution >= 0.6 is 0 Å². The lowest BCUT2D eigenvalue weighted by Gasteiger charge is -2.36. The number of piperidine rings is 2. The maximum Gasteiger partial charge on any atom is 0.307 e. The van der Waals surface area contributed by atoms with Crippen molar-refractivity contribution in [2.45, 2.75) is 71.6 Å². The molecule has 0 radical (unpaired) electrons. The van der Waals surface area contributed by atoms with Gasteiger partial charge in [-0.15, -0.1) is 0 Å². The summed E-state index contributed by atoms with van der Waals surface area (Å²) in [4.78, 5) is 28.1. The smallest absolute Gasteiger partial charge is 0.307 e. The minimum atomic E-state index is -0.0561. The molecule has 6 nitrogen and oxygen atoms in total. The van der Waals surface area contributed by atoms with E-state index in [4.69, 9.17) is 9.47 Å². The first-order chi connectivity index (χ1) is 14.1. The highest BCUT2D eigenvalue weighted by molar-refractivity contribution is 5.69. The van der Waals surface area contributed by atoms with Gasteiger partial charge in [0.05, 0.1) is 26.1 Å². The molecule has 0 aromatic rings. The van der Waals surface area contributed by atoms with Crippen molar-refractivity contribution in [2.24, 2.45) is 11.8 Å². The lowest BCUT2D eigenvalue weighted by atomic mass is 9.83. The van der Waals surface area contributed by atoms with Gasteiger partial charge in [-0.2, -0.15) is 0 Å². The van der Waals surface area contributed by atoms with Crippen LogP contribution in [0.4, 0.5) is 0 Å². The predicted octanol–water partition coefficient (Wildman–Crippen LogP) is 3.49. The SMILES string of the molecule is CCCOC(=O)CCN1CCC(CC2CCN(CCC(=O)OCCC)CC2)CC1. The van der Waals surface area contributed by atoms with Crippen LogP contribution in [0.1, 0.15) is 71.6 Å². The fourth-order valence-electron chi connectivity index (χ4n) is 4.44. The number of rotatable bonds is 12. The average molecular weight is 411 g/mol. The van der Waals surface area contributed by atoms with Gasteiger partial charge in [-0.1, -0.05) is 13.8 Å². The zero-order valence-electron chi connectivity index (χ0n) is 18.7. The minimum absolute atomic E-state index is 0.0561. The second-order valence-corrected chi connectivity index (χ2v) is 8.75. The molecule has 0 aromatic carbocycles. The van der Waals surface area contributed by atoms with Gasteiger partial charge in [0.15, 0.2) is 0 Å². The topological polar surface area (TPSA) is 59.1 Å². The van der Waals surface area contributed by atoms with E-state index in [2.05, 4.69) is 9.80 Å².